The van der Waals surface area contributed by atoms with Gasteiger partial charge in [0.15, 0.2) is 0 Å². The average Bonchev–Trinajstić information content (AvgIpc) is 2.85. The molecule has 0 radical (unpaired) electrons. The number of nitro groups is 1. The molecule has 1 heterocycles. The molecule has 0 aliphatic carbocycles. The molecule has 19 heavy (non-hydrogen) atoms. The number of nitro benzene ring substituents is 1. The van der Waals surface area contributed by atoms with Crippen LogP contribution >= 0.6 is 15.9 Å². The molecule has 94 valence electrons. The molecule has 0 saturated heterocycles. The standard InChI is InChI=1S/C13H8BrN3O2/c14-9-2-4-13(17(18)19)10(6-9)8-1-3-11-12(5-8)16-7-15-11/h1-7H,(H,15,16). The molecule has 0 saturated carbocycles. The van der Waals surface area contributed by atoms with E-state index >= 15 is 0 Å². The maximum absolute atomic E-state index is 11.1. The summed E-state index contributed by atoms with van der Waals surface area (Å²) in [7, 11) is 0. The van der Waals surface area contributed by atoms with E-state index in [1.165, 1.54) is 6.07 Å². The topological polar surface area (TPSA) is 71.8 Å². The Balaban J connectivity index is 2.24. The van der Waals surface area contributed by atoms with Gasteiger partial charge in [0.2, 0.25) is 0 Å². The molecular weight excluding hydrogens is 310 g/mol. The quantitative estimate of drug-likeness (QED) is 0.575. The summed E-state index contributed by atoms with van der Waals surface area (Å²) >= 11 is 3.34. The molecule has 0 atom stereocenters. The maximum Gasteiger partial charge on any atom is 0.277 e. The van der Waals surface area contributed by atoms with Crippen LogP contribution in [-0.4, -0.2) is 14.9 Å². The summed E-state index contributed by atoms with van der Waals surface area (Å²) in [5, 5.41) is 11.1. The third-order valence-electron chi connectivity index (χ3n) is 2.89. The van der Waals surface area contributed by atoms with Crippen molar-refractivity contribution in [1.29, 1.82) is 0 Å². The number of benzene rings is 2. The van der Waals surface area contributed by atoms with E-state index < -0.39 is 0 Å². The summed E-state index contributed by atoms with van der Waals surface area (Å²) in [5.74, 6) is 0. The number of aromatic nitrogens is 2. The number of hydrogen-bond donors (Lipinski definition) is 1. The second kappa shape index (κ2) is 4.47. The summed E-state index contributed by atoms with van der Waals surface area (Å²) in [5.41, 5.74) is 3.11. The monoisotopic (exact) mass is 317 g/mol. The lowest BCUT2D eigenvalue weighted by Crippen LogP contribution is -1.92. The maximum atomic E-state index is 11.1. The highest BCUT2D eigenvalue weighted by Gasteiger charge is 2.16. The van der Waals surface area contributed by atoms with Gasteiger partial charge in [0.05, 0.1) is 27.8 Å². The average molecular weight is 318 g/mol. The first-order chi connectivity index (χ1) is 9.15. The molecule has 0 aliphatic rings. The number of hydrogen-bond acceptors (Lipinski definition) is 3. The van der Waals surface area contributed by atoms with E-state index in [-0.39, 0.29) is 10.6 Å². The van der Waals surface area contributed by atoms with Gasteiger partial charge < -0.3 is 4.98 Å². The van der Waals surface area contributed by atoms with Crippen LogP contribution in [0.1, 0.15) is 0 Å². The van der Waals surface area contributed by atoms with Gasteiger partial charge in [-0.25, -0.2) is 4.98 Å². The van der Waals surface area contributed by atoms with Gasteiger partial charge >= 0.3 is 0 Å². The molecule has 0 spiro atoms. The van der Waals surface area contributed by atoms with Gasteiger partial charge in [0.1, 0.15) is 0 Å². The van der Waals surface area contributed by atoms with Crippen molar-refractivity contribution in [2.24, 2.45) is 0 Å². The predicted molar refractivity (Wildman–Crippen MR) is 75.9 cm³/mol. The molecule has 3 aromatic rings. The Morgan fingerprint density at radius 2 is 2.05 bits per heavy atom. The molecule has 0 bridgehead atoms. The van der Waals surface area contributed by atoms with Crippen LogP contribution in [0.4, 0.5) is 5.69 Å². The molecule has 0 amide bonds. The van der Waals surface area contributed by atoms with Gasteiger partial charge in [-0.3, -0.25) is 10.1 Å². The largest absolute Gasteiger partial charge is 0.345 e. The Morgan fingerprint density at radius 3 is 2.84 bits per heavy atom. The fourth-order valence-electron chi connectivity index (χ4n) is 2.00. The van der Waals surface area contributed by atoms with E-state index in [0.29, 0.717) is 5.56 Å². The zero-order chi connectivity index (χ0) is 13.4. The van der Waals surface area contributed by atoms with E-state index in [1.54, 1.807) is 18.5 Å². The highest BCUT2D eigenvalue weighted by Crippen LogP contribution is 2.33. The van der Waals surface area contributed by atoms with Crippen LogP contribution in [0.5, 0.6) is 0 Å². The number of halogens is 1. The molecular formula is C13H8BrN3O2. The molecule has 1 aromatic heterocycles. The van der Waals surface area contributed by atoms with Crippen molar-refractivity contribution in [2.75, 3.05) is 0 Å². The zero-order valence-corrected chi connectivity index (χ0v) is 11.2. The summed E-state index contributed by atoms with van der Waals surface area (Å²) in [6.07, 6.45) is 1.60. The summed E-state index contributed by atoms with van der Waals surface area (Å²) in [6, 6.07) is 10.4. The number of rotatable bonds is 2. The molecule has 1 N–H and O–H groups in total. The lowest BCUT2D eigenvalue weighted by atomic mass is 10.0. The Bertz CT molecular complexity index is 782. The minimum atomic E-state index is -0.378. The van der Waals surface area contributed by atoms with Crippen LogP contribution in [-0.2, 0) is 0 Å². The van der Waals surface area contributed by atoms with Gasteiger partial charge in [0.25, 0.3) is 5.69 Å². The molecule has 0 fully saturated rings. The van der Waals surface area contributed by atoms with Crippen molar-refractivity contribution in [3.63, 3.8) is 0 Å². The molecule has 6 heteroatoms. The summed E-state index contributed by atoms with van der Waals surface area (Å²) in [6.45, 7) is 0. The van der Waals surface area contributed by atoms with Crippen LogP contribution in [0.3, 0.4) is 0 Å². The Hall–Kier alpha value is -2.21. The predicted octanol–water partition coefficient (Wildman–Crippen LogP) is 3.90. The fourth-order valence-corrected chi connectivity index (χ4v) is 2.36. The van der Waals surface area contributed by atoms with Crippen molar-refractivity contribution >= 4 is 32.7 Å². The lowest BCUT2D eigenvalue weighted by molar-refractivity contribution is -0.384. The van der Waals surface area contributed by atoms with E-state index in [0.717, 1.165) is 21.1 Å². The first-order valence-corrected chi connectivity index (χ1v) is 6.32. The van der Waals surface area contributed by atoms with Crippen LogP contribution in [0.15, 0.2) is 47.2 Å². The molecule has 0 unspecified atom stereocenters. The van der Waals surface area contributed by atoms with E-state index in [9.17, 15) is 10.1 Å². The van der Waals surface area contributed by atoms with Crippen LogP contribution in [0, 0.1) is 10.1 Å². The number of fused-ring (bicyclic) bond motifs is 1. The molecule has 5 nitrogen and oxygen atoms in total. The normalized spacial score (nSPS) is 10.8. The fraction of sp³-hybridized carbons (Fsp3) is 0. The Morgan fingerprint density at radius 1 is 1.21 bits per heavy atom. The SMILES string of the molecule is O=[N+]([O-])c1ccc(Br)cc1-c1ccc2[nH]cnc2c1. The Kier molecular flexibility index (Phi) is 2.79. The van der Waals surface area contributed by atoms with Crippen molar-refractivity contribution in [3.05, 3.63) is 57.3 Å². The molecule has 3 rings (SSSR count). The molecule has 2 aromatic carbocycles. The Labute approximate surface area is 116 Å². The van der Waals surface area contributed by atoms with Gasteiger partial charge in [-0.15, -0.1) is 0 Å². The van der Waals surface area contributed by atoms with E-state index in [2.05, 4.69) is 25.9 Å². The van der Waals surface area contributed by atoms with E-state index in [1.807, 2.05) is 18.2 Å². The highest BCUT2D eigenvalue weighted by molar-refractivity contribution is 9.10. The van der Waals surface area contributed by atoms with Gasteiger partial charge in [-0.2, -0.15) is 0 Å². The number of imidazole rings is 1. The number of aromatic amines is 1. The van der Waals surface area contributed by atoms with Crippen molar-refractivity contribution in [3.8, 4) is 11.1 Å². The lowest BCUT2D eigenvalue weighted by Gasteiger charge is -2.04. The third-order valence-corrected chi connectivity index (χ3v) is 3.38. The van der Waals surface area contributed by atoms with Crippen molar-refractivity contribution < 1.29 is 4.92 Å². The minimum absolute atomic E-state index is 0.0816. The number of nitrogens with one attached hydrogen (secondary N) is 1. The number of H-pyrrole nitrogens is 1. The van der Waals surface area contributed by atoms with Gasteiger partial charge in [-0.05, 0) is 29.8 Å². The van der Waals surface area contributed by atoms with Crippen LogP contribution in [0.2, 0.25) is 0 Å². The highest BCUT2D eigenvalue weighted by atomic mass is 79.9. The number of nitrogens with zero attached hydrogens (tertiary/aromatic N) is 2. The minimum Gasteiger partial charge on any atom is -0.345 e. The van der Waals surface area contributed by atoms with E-state index in [4.69, 9.17) is 0 Å². The van der Waals surface area contributed by atoms with Gasteiger partial charge in [0, 0.05) is 10.5 Å². The first-order valence-electron chi connectivity index (χ1n) is 5.52. The summed E-state index contributed by atoms with van der Waals surface area (Å²) < 4.78 is 0.801. The molecule has 0 aliphatic heterocycles. The zero-order valence-electron chi connectivity index (χ0n) is 9.63. The second-order valence-electron chi connectivity index (χ2n) is 4.05. The summed E-state index contributed by atoms with van der Waals surface area (Å²) in [4.78, 5) is 17.9. The smallest absolute Gasteiger partial charge is 0.277 e. The van der Waals surface area contributed by atoms with Crippen LogP contribution < -0.4 is 0 Å². The van der Waals surface area contributed by atoms with Gasteiger partial charge in [-0.1, -0.05) is 22.0 Å². The van der Waals surface area contributed by atoms with Crippen molar-refractivity contribution in [1.82, 2.24) is 9.97 Å². The first kappa shape index (κ1) is 11.9. The second-order valence-corrected chi connectivity index (χ2v) is 4.97. The van der Waals surface area contributed by atoms with Crippen LogP contribution in [0.25, 0.3) is 22.2 Å². The van der Waals surface area contributed by atoms with Crippen molar-refractivity contribution in [2.45, 2.75) is 0 Å². The third kappa shape index (κ3) is 2.10.